The van der Waals surface area contributed by atoms with Gasteiger partial charge in [-0.15, -0.1) is 12.6 Å². The van der Waals surface area contributed by atoms with Crippen LogP contribution in [-0.4, -0.2) is 16.7 Å². The number of thiol groups is 1. The first-order chi connectivity index (χ1) is 6.11. The fourth-order valence-corrected chi connectivity index (χ4v) is 1.72. The van der Waals surface area contributed by atoms with Gasteiger partial charge in [0.2, 0.25) is 0 Å². The molecule has 0 fully saturated rings. The Morgan fingerprint density at radius 3 is 2.23 bits per heavy atom. The Morgan fingerprint density at radius 1 is 1.38 bits per heavy atom. The Kier molecular flexibility index (Phi) is 7.32. The van der Waals surface area contributed by atoms with E-state index in [0.29, 0.717) is 11.8 Å². The van der Waals surface area contributed by atoms with E-state index in [4.69, 9.17) is 9.92 Å². The summed E-state index contributed by atoms with van der Waals surface area (Å²) in [5, 5.41) is 0.560. The molecule has 0 heterocycles. The maximum absolute atomic E-state index is 5.63. The summed E-state index contributed by atoms with van der Waals surface area (Å²) in [6, 6.07) is 0. The van der Waals surface area contributed by atoms with E-state index >= 15 is 0 Å². The average Bonchev–Trinajstić information content (AvgIpc) is 2.19. The highest BCUT2D eigenvalue weighted by molar-refractivity contribution is 7.96. The molecule has 13 heavy (non-hydrogen) atoms. The van der Waals surface area contributed by atoms with Crippen molar-refractivity contribution in [1.82, 2.24) is 0 Å². The Balaban J connectivity index is 3.83. The second-order valence-electron chi connectivity index (χ2n) is 3.12. The van der Waals surface area contributed by atoms with Gasteiger partial charge in [-0.3, -0.25) is 4.18 Å². The molecule has 0 aromatic heterocycles. The minimum atomic E-state index is -0.451. The highest BCUT2D eigenvalue weighted by Crippen LogP contribution is 2.29. The molecule has 0 aliphatic heterocycles. The molecular formula is C9H21NOS2. The van der Waals surface area contributed by atoms with Gasteiger partial charge in [0.05, 0.1) is 0 Å². The van der Waals surface area contributed by atoms with Crippen molar-refractivity contribution < 1.29 is 4.18 Å². The first-order valence-corrected chi connectivity index (χ1v) is 6.14. The third-order valence-corrected chi connectivity index (χ3v) is 4.19. The van der Waals surface area contributed by atoms with E-state index in [1.165, 1.54) is 12.0 Å². The fraction of sp³-hybridized carbons (Fsp3) is 1.00. The van der Waals surface area contributed by atoms with Crippen LogP contribution in [0.4, 0.5) is 0 Å². The van der Waals surface area contributed by atoms with Crippen molar-refractivity contribution in [3.05, 3.63) is 0 Å². The van der Waals surface area contributed by atoms with Gasteiger partial charge in [-0.2, -0.15) is 0 Å². The van der Waals surface area contributed by atoms with Crippen LogP contribution in [0.3, 0.4) is 0 Å². The smallest absolute Gasteiger partial charge is 0.137 e. The Labute approximate surface area is 91.6 Å². The van der Waals surface area contributed by atoms with Crippen LogP contribution in [0.1, 0.15) is 40.0 Å². The number of hydrogen-bond acceptors (Lipinski definition) is 4. The van der Waals surface area contributed by atoms with Gasteiger partial charge in [-0.25, -0.2) is 0 Å². The van der Waals surface area contributed by atoms with Crippen molar-refractivity contribution in [2.24, 2.45) is 5.73 Å². The van der Waals surface area contributed by atoms with Crippen molar-refractivity contribution in [3.63, 3.8) is 0 Å². The number of nitrogens with two attached hydrogens (primary N) is 1. The van der Waals surface area contributed by atoms with Gasteiger partial charge in [0.1, 0.15) is 4.93 Å². The lowest BCUT2D eigenvalue weighted by molar-refractivity contribution is 0.206. The van der Waals surface area contributed by atoms with Gasteiger partial charge in [-0.1, -0.05) is 20.8 Å². The zero-order valence-electron chi connectivity index (χ0n) is 8.75. The standard InChI is InChI=1S/C9H21NOS2/c1-4-8(5-2)13-11-9(12,6-3)7-10/h8,12H,4-7,10H2,1-3H3. The molecule has 0 aliphatic rings. The van der Waals surface area contributed by atoms with Gasteiger partial charge < -0.3 is 5.73 Å². The molecule has 2 N–H and O–H groups in total. The molecule has 0 rings (SSSR count). The fourth-order valence-electron chi connectivity index (χ4n) is 0.820. The molecule has 80 valence electrons. The van der Waals surface area contributed by atoms with Gasteiger partial charge in [0, 0.05) is 11.8 Å². The van der Waals surface area contributed by atoms with Crippen LogP contribution in [0.5, 0.6) is 0 Å². The summed E-state index contributed by atoms with van der Waals surface area (Å²) in [5.74, 6) is 0. The maximum Gasteiger partial charge on any atom is 0.137 e. The Morgan fingerprint density at radius 2 is 1.92 bits per heavy atom. The summed E-state index contributed by atoms with van der Waals surface area (Å²) in [6.45, 7) is 6.82. The highest BCUT2D eigenvalue weighted by Gasteiger charge is 2.24. The van der Waals surface area contributed by atoms with Crippen LogP contribution >= 0.6 is 24.7 Å². The van der Waals surface area contributed by atoms with E-state index in [-0.39, 0.29) is 0 Å². The monoisotopic (exact) mass is 223 g/mol. The normalized spacial score (nSPS) is 16.2. The molecule has 0 saturated carbocycles. The van der Waals surface area contributed by atoms with Crippen LogP contribution < -0.4 is 5.73 Å². The minimum Gasteiger partial charge on any atom is -0.327 e. The van der Waals surface area contributed by atoms with Gasteiger partial charge >= 0.3 is 0 Å². The first-order valence-electron chi connectivity index (χ1n) is 4.88. The summed E-state index contributed by atoms with van der Waals surface area (Å²) in [4.78, 5) is -0.451. The predicted molar refractivity (Wildman–Crippen MR) is 64.1 cm³/mol. The molecule has 1 atom stereocenters. The molecule has 0 amide bonds. The van der Waals surface area contributed by atoms with Crippen molar-refractivity contribution in [2.75, 3.05) is 6.54 Å². The molecular weight excluding hydrogens is 202 g/mol. The van der Waals surface area contributed by atoms with Gasteiger partial charge in [0.25, 0.3) is 0 Å². The lowest BCUT2D eigenvalue weighted by atomic mass is 10.3. The molecule has 4 heteroatoms. The van der Waals surface area contributed by atoms with E-state index in [2.05, 4.69) is 26.5 Å². The number of hydrogen-bond donors (Lipinski definition) is 2. The summed E-state index contributed by atoms with van der Waals surface area (Å²) in [5.41, 5.74) is 5.57. The van der Waals surface area contributed by atoms with Crippen LogP contribution in [0.15, 0.2) is 0 Å². The zero-order valence-corrected chi connectivity index (χ0v) is 10.5. The molecule has 0 aromatic rings. The lowest BCUT2D eigenvalue weighted by Crippen LogP contribution is -2.32. The third kappa shape index (κ3) is 5.15. The highest BCUT2D eigenvalue weighted by atomic mass is 32.2. The maximum atomic E-state index is 5.63. The zero-order chi connectivity index (χ0) is 10.3. The third-order valence-electron chi connectivity index (χ3n) is 2.12. The minimum absolute atomic E-state index is 0.451. The van der Waals surface area contributed by atoms with E-state index in [1.807, 2.05) is 6.92 Å². The second kappa shape index (κ2) is 6.98. The average molecular weight is 223 g/mol. The Hall–Kier alpha value is 0.620. The quantitative estimate of drug-likeness (QED) is 0.396. The van der Waals surface area contributed by atoms with E-state index in [1.54, 1.807) is 0 Å². The van der Waals surface area contributed by atoms with Crippen LogP contribution in [0.25, 0.3) is 0 Å². The molecule has 1 unspecified atom stereocenters. The lowest BCUT2D eigenvalue weighted by Gasteiger charge is -2.26. The summed E-state index contributed by atoms with van der Waals surface area (Å²) in [7, 11) is 0. The van der Waals surface area contributed by atoms with E-state index < -0.39 is 4.93 Å². The largest absolute Gasteiger partial charge is 0.327 e. The van der Waals surface area contributed by atoms with Crippen LogP contribution in [0, 0.1) is 0 Å². The Bertz CT molecular complexity index is 125. The van der Waals surface area contributed by atoms with E-state index in [0.717, 1.165) is 19.3 Å². The topological polar surface area (TPSA) is 35.2 Å². The summed E-state index contributed by atoms with van der Waals surface area (Å²) >= 11 is 5.92. The summed E-state index contributed by atoms with van der Waals surface area (Å²) < 4.78 is 5.63. The SMILES string of the molecule is CCC(CC)SOC(S)(CC)CN. The molecule has 0 aliphatic carbocycles. The predicted octanol–water partition coefficient (Wildman–Crippen LogP) is 2.83. The second-order valence-corrected chi connectivity index (χ2v) is 4.96. The molecule has 0 saturated heterocycles. The van der Waals surface area contributed by atoms with Crippen molar-refractivity contribution in [1.29, 1.82) is 0 Å². The number of rotatable bonds is 7. The summed E-state index contributed by atoms with van der Waals surface area (Å²) in [6.07, 6.45) is 3.08. The van der Waals surface area contributed by atoms with Crippen molar-refractivity contribution >= 4 is 24.7 Å². The van der Waals surface area contributed by atoms with Gasteiger partial charge in [0.15, 0.2) is 0 Å². The molecule has 0 aromatic carbocycles. The molecule has 0 radical (unpaired) electrons. The molecule has 0 bridgehead atoms. The van der Waals surface area contributed by atoms with Crippen molar-refractivity contribution in [2.45, 2.75) is 50.2 Å². The van der Waals surface area contributed by atoms with Crippen LogP contribution in [0.2, 0.25) is 0 Å². The molecule has 2 nitrogen and oxygen atoms in total. The van der Waals surface area contributed by atoms with Crippen LogP contribution in [-0.2, 0) is 4.18 Å². The molecule has 0 spiro atoms. The van der Waals surface area contributed by atoms with E-state index in [9.17, 15) is 0 Å². The van der Waals surface area contributed by atoms with Gasteiger partial charge in [-0.05, 0) is 31.3 Å². The first kappa shape index (κ1) is 13.6. The van der Waals surface area contributed by atoms with Crippen molar-refractivity contribution in [3.8, 4) is 0 Å².